The summed E-state index contributed by atoms with van der Waals surface area (Å²) < 4.78 is 24.4. The molecule has 4 nitrogen and oxygen atoms in total. The third kappa shape index (κ3) is 3.15. The molecule has 0 unspecified atom stereocenters. The molecule has 19 heavy (non-hydrogen) atoms. The fourth-order valence-electron chi connectivity index (χ4n) is 2.22. The van der Waals surface area contributed by atoms with Gasteiger partial charge in [-0.25, -0.2) is 4.83 Å². The van der Waals surface area contributed by atoms with E-state index in [-0.39, 0.29) is 4.90 Å². The van der Waals surface area contributed by atoms with E-state index in [9.17, 15) is 8.42 Å². The van der Waals surface area contributed by atoms with Crippen molar-refractivity contribution in [2.45, 2.75) is 51.3 Å². The molecule has 1 saturated carbocycles. The molecule has 1 aromatic rings. The predicted molar refractivity (Wildman–Crippen MR) is 76.9 cm³/mol. The van der Waals surface area contributed by atoms with Gasteiger partial charge in [0.1, 0.15) is 0 Å². The quantitative estimate of drug-likeness (QED) is 0.865. The summed E-state index contributed by atoms with van der Waals surface area (Å²) in [6.45, 7) is 5.84. The summed E-state index contributed by atoms with van der Waals surface area (Å²) in [6.07, 6.45) is 4.00. The minimum atomic E-state index is -3.55. The zero-order valence-electron chi connectivity index (χ0n) is 11.7. The number of benzene rings is 1. The number of aryl methyl sites for hydroxylation is 2. The van der Waals surface area contributed by atoms with E-state index in [4.69, 9.17) is 0 Å². The van der Waals surface area contributed by atoms with Crippen LogP contribution in [-0.4, -0.2) is 14.1 Å². The highest BCUT2D eigenvalue weighted by molar-refractivity contribution is 7.89. The van der Waals surface area contributed by atoms with Gasteiger partial charge in [0.05, 0.1) is 4.90 Å². The number of rotatable bonds is 3. The molecule has 104 valence electrons. The van der Waals surface area contributed by atoms with E-state index in [0.717, 1.165) is 48.1 Å². The number of hydrazone groups is 1. The summed E-state index contributed by atoms with van der Waals surface area (Å²) in [7, 11) is -3.55. The van der Waals surface area contributed by atoms with Crippen molar-refractivity contribution in [3.8, 4) is 0 Å². The largest absolute Gasteiger partial charge is 0.276 e. The molecule has 0 heterocycles. The molecule has 1 aliphatic rings. The number of hydrogen-bond acceptors (Lipinski definition) is 3. The first kappa shape index (κ1) is 14.1. The zero-order valence-corrected chi connectivity index (χ0v) is 12.5. The van der Waals surface area contributed by atoms with Gasteiger partial charge in [0, 0.05) is 5.71 Å². The third-order valence-electron chi connectivity index (χ3n) is 3.72. The Kier molecular flexibility index (Phi) is 3.94. The van der Waals surface area contributed by atoms with Crippen molar-refractivity contribution in [2.75, 3.05) is 0 Å². The Morgan fingerprint density at radius 3 is 2.11 bits per heavy atom. The number of hydrogen-bond donors (Lipinski definition) is 1. The molecule has 0 saturated heterocycles. The van der Waals surface area contributed by atoms with E-state index < -0.39 is 10.0 Å². The molecule has 0 atom stereocenters. The summed E-state index contributed by atoms with van der Waals surface area (Å²) in [5, 5.41) is 4.03. The smallest absolute Gasteiger partial charge is 0.200 e. The molecule has 0 amide bonds. The van der Waals surface area contributed by atoms with E-state index >= 15 is 0 Å². The van der Waals surface area contributed by atoms with Crippen LogP contribution < -0.4 is 4.83 Å². The van der Waals surface area contributed by atoms with E-state index in [2.05, 4.69) is 9.93 Å². The molecule has 0 bridgehead atoms. The van der Waals surface area contributed by atoms with Gasteiger partial charge in [0.25, 0.3) is 10.0 Å². The monoisotopic (exact) mass is 280 g/mol. The fraction of sp³-hybridized carbons (Fsp3) is 0.500. The molecular formula is C14H20N2O2S. The molecule has 1 N–H and O–H groups in total. The summed E-state index contributed by atoms with van der Waals surface area (Å²) in [6, 6.07) is 3.39. The van der Waals surface area contributed by atoms with Crippen LogP contribution in [0.4, 0.5) is 0 Å². The maximum Gasteiger partial charge on any atom is 0.276 e. The van der Waals surface area contributed by atoms with Crippen LogP contribution in [0.1, 0.15) is 42.4 Å². The second kappa shape index (κ2) is 5.33. The third-order valence-corrected chi connectivity index (χ3v) is 4.90. The summed E-state index contributed by atoms with van der Waals surface area (Å²) in [4.78, 5) is 2.64. The molecule has 0 aliphatic heterocycles. The Labute approximate surface area is 115 Å². The Bertz CT molecular complexity index is 587. The SMILES string of the molecule is Cc1cc(S(=O)(=O)NN=C2CCCC2)cc(C)c1C. The van der Waals surface area contributed by atoms with Crippen LogP contribution >= 0.6 is 0 Å². The van der Waals surface area contributed by atoms with Crippen molar-refractivity contribution in [1.29, 1.82) is 0 Å². The van der Waals surface area contributed by atoms with Gasteiger partial charge in [-0.2, -0.15) is 13.5 Å². The lowest BCUT2D eigenvalue weighted by Gasteiger charge is -2.09. The van der Waals surface area contributed by atoms with E-state index in [0.29, 0.717) is 0 Å². The highest BCUT2D eigenvalue weighted by Gasteiger charge is 2.16. The molecule has 5 heteroatoms. The van der Waals surface area contributed by atoms with Crippen molar-refractivity contribution in [1.82, 2.24) is 4.83 Å². The topological polar surface area (TPSA) is 58.5 Å². The van der Waals surface area contributed by atoms with Gasteiger partial charge in [0.15, 0.2) is 0 Å². The number of sulfonamides is 1. The van der Waals surface area contributed by atoms with Gasteiger partial charge >= 0.3 is 0 Å². The van der Waals surface area contributed by atoms with Gasteiger partial charge in [0.2, 0.25) is 0 Å². The predicted octanol–water partition coefficient (Wildman–Crippen LogP) is 2.82. The fourth-order valence-corrected chi connectivity index (χ4v) is 3.24. The van der Waals surface area contributed by atoms with Crippen molar-refractivity contribution < 1.29 is 8.42 Å². The zero-order chi connectivity index (χ0) is 14.0. The van der Waals surface area contributed by atoms with Gasteiger partial charge in [-0.1, -0.05) is 0 Å². The van der Waals surface area contributed by atoms with Crippen molar-refractivity contribution in [3.05, 3.63) is 28.8 Å². The van der Waals surface area contributed by atoms with Crippen LogP contribution in [0.3, 0.4) is 0 Å². The highest BCUT2D eigenvalue weighted by atomic mass is 32.2. The maximum atomic E-state index is 12.2. The first-order chi connectivity index (χ1) is 8.90. The van der Waals surface area contributed by atoms with Crippen LogP contribution in [-0.2, 0) is 10.0 Å². The lowest BCUT2D eigenvalue weighted by molar-refractivity contribution is 0.584. The van der Waals surface area contributed by atoms with E-state index in [1.807, 2.05) is 20.8 Å². The number of nitrogens with one attached hydrogen (secondary N) is 1. The van der Waals surface area contributed by atoms with Crippen LogP contribution in [0.5, 0.6) is 0 Å². The van der Waals surface area contributed by atoms with Crippen molar-refractivity contribution >= 4 is 15.7 Å². The first-order valence-corrected chi connectivity index (χ1v) is 8.03. The molecule has 0 aromatic heterocycles. The molecule has 2 rings (SSSR count). The summed E-state index contributed by atoms with van der Waals surface area (Å²) in [5.41, 5.74) is 4.04. The van der Waals surface area contributed by atoms with Crippen molar-refractivity contribution in [3.63, 3.8) is 0 Å². The minimum Gasteiger partial charge on any atom is -0.200 e. The Morgan fingerprint density at radius 1 is 1.05 bits per heavy atom. The average molecular weight is 280 g/mol. The van der Waals surface area contributed by atoms with E-state index in [1.54, 1.807) is 12.1 Å². The van der Waals surface area contributed by atoms with Gasteiger partial charge < -0.3 is 0 Å². The van der Waals surface area contributed by atoms with Gasteiger partial charge in [-0.3, -0.25) is 0 Å². The van der Waals surface area contributed by atoms with Gasteiger partial charge in [-0.15, -0.1) is 0 Å². The molecule has 1 fully saturated rings. The Balaban J connectivity index is 2.26. The van der Waals surface area contributed by atoms with Crippen LogP contribution in [0, 0.1) is 20.8 Å². The Hall–Kier alpha value is -1.36. The molecule has 0 spiro atoms. The van der Waals surface area contributed by atoms with Gasteiger partial charge in [-0.05, 0) is 75.3 Å². The minimum absolute atomic E-state index is 0.287. The normalized spacial score (nSPS) is 15.6. The molecule has 0 radical (unpaired) electrons. The highest BCUT2D eigenvalue weighted by Crippen LogP contribution is 2.19. The second-order valence-corrected chi connectivity index (χ2v) is 6.82. The van der Waals surface area contributed by atoms with Crippen LogP contribution in [0.25, 0.3) is 0 Å². The Morgan fingerprint density at radius 2 is 1.58 bits per heavy atom. The maximum absolute atomic E-state index is 12.2. The van der Waals surface area contributed by atoms with E-state index in [1.165, 1.54) is 0 Å². The second-order valence-electron chi connectivity index (χ2n) is 5.16. The summed E-state index contributed by atoms with van der Waals surface area (Å²) in [5.74, 6) is 0. The lowest BCUT2D eigenvalue weighted by Crippen LogP contribution is -2.20. The average Bonchev–Trinajstić information content (AvgIpc) is 2.86. The van der Waals surface area contributed by atoms with Crippen LogP contribution in [0.15, 0.2) is 22.1 Å². The molecular weight excluding hydrogens is 260 g/mol. The lowest BCUT2D eigenvalue weighted by atomic mass is 10.1. The van der Waals surface area contributed by atoms with Crippen LogP contribution in [0.2, 0.25) is 0 Å². The first-order valence-electron chi connectivity index (χ1n) is 6.55. The standard InChI is InChI=1S/C14H20N2O2S/c1-10-8-14(9-11(2)12(10)3)19(17,18)16-15-13-6-4-5-7-13/h8-9,16H,4-7H2,1-3H3. The van der Waals surface area contributed by atoms with Crippen molar-refractivity contribution in [2.24, 2.45) is 5.10 Å². The number of nitrogens with zero attached hydrogens (tertiary/aromatic N) is 1. The molecule has 1 aromatic carbocycles. The molecule has 1 aliphatic carbocycles. The summed E-state index contributed by atoms with van der Waals surface area (Å²) >= 11 is 0.